The van der Waals surface area contributed by atoms with Crippen molar-refractivity contribution in [3.8, 4) is 0 Å². The molecule has 1 aliphatic rings. The Morgan fingerprint density at radius 2 is 2.17 bits per heavy atom. The van der Waals surface area contributed by atoms with E-state index in [1.165, 1.54) is 25.7 Å². The Bertz CT molecular complexity index is 394. The van der Waals surface area contributed by atoms with Gasteiger partial charge < -0.3 is 9.73 Å². The summed E-state index contributed by atoms with van der Waals surface area (Å²) in [6.45, 7) is 2.78. The number of nitrogens with one attached hydrogen (secondary N) is 1. The Morgan fingerprint density at radius 3 is 2.83 bits per heavy atom. The van der Waals surface area contributed by atoms with Gasteiger partial charge >= 0.3 is 0 Å². The van der Waals surface area contributed by atoms with Crippen molar-refractivity contribution in [2.24, 2.45) is 5.92 Å². The Hall–Kier alpha value is -0.770. The fraction of sp³-hybridized carbons (Fsp3) is 0.643. The van der Waals surface area contributed by atoms with Crippen molar-refractivity contribution in [2.45, 2.75) is 43.9 Å². The molecule has 0 aromatic carbocycles. The molecule has 1 fully saturated rings. The largest absolute Gasteiger partial charge is 0.469 e. The van der Waals surface area contributed by atoms with Gasteiger partial charge in [-0.2, -0.15) is 0 Å². The molecular formula is C14H20BrNO2. The van der Waals surface area contributed by atoms with Crippen LogP contribution in [0.2, 0.25) is 0 Å². The smallest absolute Gasteiger partial charge is 0.254 e. The summed E-state index contributed by atoms with van der Waals surface area (Å²) in [6, 6.07) is 1.75. The number of alkyl halides is 1. The minimum Gasteiger partial charge on any atom is -0.469 e. The second kappa shape index (κ2) is 6.41. The maximum Gasteiger partial charge on any atom is 0.254 e. The van der Waals surface area contributed by atoms with Gasteiger partial charge in [0.05, 0.1) is 11.8 Å². The van der Waals surface area contributed by atoms with Gasteiger partial charge in [0.25, 0.3) is 5.91 Å². The lowest BCUT2D eigenvalue weighted by molar-refractivity contribution is 0.0942. The molecule has 2 rings (SSSR count). The van der Waals surface area contributed by atoms with E-state index >= 15 is 0 Å². The van der Waals surface area contributed by atoms with Crippen LogP contribution < -0.4 is 5.32 Å². The molecule has 1 N–H and O–H groups in total. The molecule has 100 valence electrons. The third-order valence-electron chi connectivity index (χ3n) is 3.64. The van der Waals surface area contributed by atoms with Crippen LogP contribution in [0.3, 0.4) is 0 Å². The zero-order valence-electron chi connectivity index (χ0n) is 10.7. The van der Waals surface area contributed by atoms with Crippen LogP contribution in [0, 0.1) is 5.92 Å². The number of hydrogen-bond acceptors (Lipinski definition) is 2. The fourth-order valence-corrected chi connectivity index (χ4v) is 3.00. The van der Waals surface area contributed by atoms with Crippen LogP contribution >= 0.6 is 15.9 Å². The van der Waals surface area contributed by atoms with Crippen LogP contribution in [-0.4, -0.2) is 17.3 Å². The minimum atomic E-state index is 0.00145. The van der Waals surface area contributed by atoms with E-state index in [4.69, 9.17) is 4.42 Å². The summed E-state index contributed by atoms with van der Waals surface area (Å²) in [6.07, 6.45) is 7.16. The lowest BCUT2D eigenvalue weighted by Gasteiger charge is -2.25. The van der Waals surface area contributed by atoms with Crippen molar-refractivity contribution in [3.63, 3.8) is 0 Å². The van der Waals surface area contributed by atoms with Gasteiger partial charge in [-0.05, 0) is 37.7 Å². The molecule has 4 heteroatoms. The topological polar surface area (TPSA) is 42.2 Å². The predicted molar refractivity (Wildman–Crippen MR) is 75.1 cm³/mol. The SMILES string of the molecule is CCc1occc1C(=O)NCC1CCC(Br)CC1. The van der Waals surface area contributed by atoms with Gasteiger partial charge in [0.2, 0.25) is 0 Å². The van der Waals surface area contributed by atoms with E-state index in [0.29, 0.717) is 16.3 Å². The van der Waals surface area contributed by atoms with E-state index < -0.39 is 0 Å². The van der Waals surface area contributed by atoms with E-state index in [9.17, 15) is 4.79 Å². The summed E-state index contributed by atoms with van der Waals surface area (Å²) in [5.41, 5.74) is 0.687. The first-order valence-electron chi connectivity index (χ1n) is 6.69. The van der Waals surface area contributed by atoms with E-state index in [2.05, 4.69) is 21.2 Å². The first-order chi connectivity index (χ1) is 8.70. The molecule has 1 aliphatic carbocycles. The molecular weight excluding hydrogens is 294 g/mol. The average molecular weight is 314 g/mol. The number of carbonyl (C=O) groups is 1. The first kappa shape index (κ1) is 13.7. The molecule has 0 saturated heterocycles. The minimum absolute atomic E-state index is 0.00145. The number of hydrogen-bond donors (Lipinski definition) is 1. The van der Waals surface area contributed by atoms with Crippen LogP contribution in [0.25, 0.3) is 0 Å². The lowest BCUT2D eigenvalue weighted by atomic mass is 9.89. The summed E-state index contributed by atoms with van der Waals surface area (Å²) in [4.78, 5) is 12.7. The summed E-state index contributed by atoms with van der Waals surface area (Å²) in [7, 11) is 0. The Balaban J connectivity index is 1.81. The van der Waals surface area contributed by atoms with Gasteiger partial charge in [0, 0.05) is 17.8 Å². The van der Waals surface area contributed by atoms with Gasteiger partial charge in [-0.3, -0.25) is 4.79 Å². The van der Waals surface area contributed by atoms with Crippen molar-refractivity contribution in [2.75, 3.05) is 6.54 Å². The molecule has 0 aliphatic heterocycles. The molecule has 0 atom stereocenters. The van der Waals surface area contributed by atoms with E-state index in [1.807, 2.05) is 6.92 Å². The molecule has 3 nitrogen and oxygen atoms in total. The average Bonchev–Trinajstić information content (AvgIpc) is 2.86. The van der Waals surface area contributed by atoms with Crippen molar-refractivity contribution in [3.05, 3.63) is 23.7 Å². The molecule has 0 unspecified atom stereocenters. The van der Waals surface area contributed by atoms with Gasteiger partial charge in [-0.1, -0.05) is 22.9 Å². The fourth-order valence-electron chi connectivity index (χ4n) is 2.47. The second-order valence-electron chi connectivity index (χ2n) is 4.94. The van der Waals surface area contributed by atoms with Crippen LogP contribution in [0.15, 0.2) is 16.7 Å². The summed E-state index contributed by atoms with van der Waals surface area (Å²) in [5.74, 6) is 1.40. The molecule has 0 radical (unpaired) electrons. The number of halogens is 1. The van der Waals surface area contributed by atoms with E-state index in [0.717, 1.165) is 18.7 Å². The predicted octanol–water partition coefficient (Wildman–Crippen LogP) is 3.53. The van der Waals surface area contributed by atoms with Crippen LogP contribution in [-0.2, 0) is 6.42 Å². The van der Waals surface area contributed by atoms with Crippen molar-refractivity contribution in [1.82, 2.24) is 5.32 Å². The summed E-state index contributed by atoms with van der Waals surface area (Å²) in [5, 5.41) is 3.03. The van der Waals surface area contributed by atoms with Crippen LogP contribution in [0.1, 0.15) is 48.7 Å². The number of rotatable bonds is 4. The standard InChI is InChI=1S/C14H20BrNO2/c1-2-13-12(7-8-18-13)14(17)16-9-10-3-5-11(15)6-4-10/h7-8,10-11H,2-6,9H2,1H3,(H,16,17). The summed E-state index contributed by atoms with van der Waals surface area (Å²) < 4.78 is 5.27. The normalized spacial score (nSPS) is 23.9. The second-order valence-corrected chi connectivity index (χ2v) is 6.23. The number of carbonyl (C=O) groups excluding carboxylic acids is 1. The lowest BCUT2D eigenvalue weighted by Crippen LogP contribution is -2.31. The summed E-state index contributed by atoms with van der Waals surface area (Å²) >= 11 is 3.65. The molecule has 0 bridgehead atoms. The monoisotopic (exact) mass is 313 g/mol. The maximum absolute atomic E-state index is 12.0. The third-order valence-corrected chi connectivity index (χ3v) is 4.55. The van der Waals surface area contributed by atoms with E-state index in [-0.39, 0.29) is 5.91 Å². The van der Waals surface area contributed by atoms with Gasteiger partial charge in [-0.15, -0.1) is 0 Å². The Labute approximate surface area is 116 Å². The van der Waals surface area contributed by atoms with Crippen molar-refractivity contribution < 1.29 is 9.21 Å². The zero-order chi connectivity index (χ0) is 13.0. The highest BCUT2D eigenvalue weighted by Crippen LogP contribution is 2.28. The quantitative estimate of drug-likeness (QED) is 0.864. The molecule has 1 aromatic rings. The van der Waals surface area contributed by atoms with Crippen molar-refractivity contribution in [1.29, 1.82) is 0 Å². The first-order valence-corrected chi connectivity index (χ1v) is 7.61. The molecule has 1 aromatic heterocycles. The number of amides is 1. The molecule has 18 heavy (non-hydrogen) atoms. The van der Waals surface area contributed by atoms with Crippen molar-refractivity contribution >= 4 is 21.8 Å². The molecule has 1 saturated carbocycles. The zero-order valence-corrected chi connectivity index (χ0v) is 12.3. The Morgan fingerprint density at radius 1 is 1.44 bits per heavy atom. The highest BCUT2D eigenvalue weighted by Gasteiger charge is 2.20. The third kappa shape index (κ3) is 3.37. The highest BCUT2D eigenvalue weighted by molar-refractivity contribution is 9.09. The van der Waals surface area contributed by atoms with Gasteiger partial charge in [0.1, 0.15) is 5.76 Å². The highest BCUT2D eigenvalue weighted by atomic mass is 79.9. The maximum atomic E-state index is 12.0. The number of furan rings is 1. The Kier molecular flexibility index (Phi) is 4.87. The molecule has 0 spiro atoms. The van der Waals surface area contributed by atoms with Gasteiger partial charge in [0.15, 0.2) is 0 Å². The van der Waals surface area contributed by atoms with Crippen LogP contribution in [0.4, 0.5) is 0 Å². The molecule has 1 amide bonds. The number of aryl methyl sites for hydroxylation is 1. The molecule has 1 heterocycles. The van der Waals surface area contributed by atoms with Crippen LogP contribution in [0.5, 0.6) is 0 Å². The van der Waals surface area contributed by atoms with E-state index in [1.54, 1.807) is 12.3 Å². The van der Waals surface area contributed by atoms with Gasteiger partial charge in [-0.25, -0.2) is 0 Å².